The molecule has 0 aromatic carbocycles. The number of nitrogens with one attached hydrogen (secondary N) is 2. The van der Waals surface area contributed by atoms with Crippen molar-refractivity contribution >= 4 is 29.7 Å². The molecule has 0 spiro atoms. The summed E-state index contributed by atoms with van der Waals surface area (Å²) in [6, 6.07) is 0. The van der Waals surface area contributed by atoms with Gasteiger partial charge in [-0.1, -0.05) is 0 Å². The number of carboxylic acid groups (broad SMARTS) is 3. The van der Waals surface area contributed by atoms with Gasteiger partial charge in [0, 0.05) is 40.4 Å². The molecule has 0 radical (unpaired) electrons. The molecule has 5 N–H and O–H groups in total. The van der Waals surface area contributed by atoms with Crippen molar-refractivity contribution < 1.29 is 53.5 Å². The smallest absolute Gasteiger partial charge is 0.329 e. The first-order valence-electron chi connectivity index (χ1n) is 10.3. The van der Waals surface area contributed by atoms with Crippen LogP contribution in [0.3, 0.4) is 0 Å². The zero-order valence-electron chi connectivity index (χ0n) is 19.4. The van der Waals surface area contributed by atoms with Crippen LogP contribution in [-0.2, 0) is 38.2 Å². The number of carbonyl (C=O) groups excluding carboxylic acids is 2. The van der Waals surface area contributed by atoms with Gasteiger partial charge in [-0.25, -0.2) is 4.79 Å². The van der Waals surface area contributed by atoms with Crippen LogP contribution in [-0.4, -0.2) is 147 Å². The van der Waals surface area contributed by atoms with E-state index in [1.165, 1.54) is 24.0 Å². The van der Waals surface area contributed by atoms with Crippen molar-refractivity contribution in [2.24, 2.45) is 0 Å². The summed E-state index contributed by atoms with van der Waals surface area (Å²) in [5.41, 5.74) is 0. The Bertz CT molecular complexity index is 616. The van der Waals surface area contributed by atoms with Crippen LogP contribution in [0.4, 0.5) is 0 Å². The van der Waals surface area contributed by atoms with Crippen molar-refractivity contribution in [2.75, 3.05) is 86.4 Å². The maximum absolute atomic E-state index is 12.1. The molecule has 0 rings (SSSR count). The number of amides is 2. The average molecular weight is 494 g/mol. The number of hydrogen-bond donors (Lipinski definition) is 5. The molecule has 0 aliphatic carbocycles. The number of aliphatic carboxylic acids is 3. The molecule has 0 heterocycles. The summed E-state index contributed by atoms with van der Waals surface area (Å²) in [4.78, 5) is 60.2. The zero-order chi connectivity index (χ0) is 25.9. The van der Waals surface area contributed by atoms with Crippen LogP contribution < -0.4 is 10.6 Å². The number of carbonyl (C=O) groups is 5. The van der Waals surface area contributed by atoms with E-state index < -0.39 is 55.5 Å². The summed E-state index contributed by atoms with van der Waals surface area (Å²) in [7, 11) is 2.90. The third kappa shape index (κ3) is 17.7. The van der Waals surface area contributed by atoms with Gasteiger partial charge in [0.1, 0.15) is 6.61 Å². The Kier molecular flexibility index (Phi) is 17.0. The Labute approximate surface area is 196 Å². The van der Waals surface area contributed by atoms with Gasteiger partial charge in [0.2, 0.25) is 11.8 Å². The van der Waals surface area contributed by atoms with E-state index in [2.05, 4.69) is 10.6 Å². The van der Waals surface area contributed by atoms with Gasteiger partial charge >= 0.3 is 17.9 Å². The van der Waals surface area contributed by atoms with Gasteiger partial charge in [0.25, 0.3) is 0 Å². The quantitative estimate of drug-likeness (QED) is 0.0996. The number of nitrogens with zero attached hydrogens (tertiary/aromatic N) is 2. The van der Waals surface area contributed by atoms with Crippen LogP contribution in [0.15, 0.2) is 0 Å². The lowest BCUT2D eigenvalue weighted by atomic mass is 10.2. The first-order valence-corrected chi connectivity index (χ1v) is 10.3. The van der Waals surface area contributed by atoms with Gasteiger partial charge in [-0.05, 0) is 0 Å². The van der Waals surface area contributed by atoms with Crippen LogP contribution in [0.25, 0.3) is 0 Å². The summed E-state index contributed by atoms with van der Waals surface area (Å²) < 4.78 is 15.0. The molecule has 0 fully saturated rings. The number of ether oxygens (including phenoxy) is 3. The van der Waals surface area contributed by atoms with Crippen molar-refractivity contribution in [2.45, 2.75) is 6.10 Å². The van der Waals surface area contributed by atoms with Gasteiger partial charge < -0.3 is 40.2 Å². The standard InChI is InChI=1S/C19H34N4O11/c1-32-5-3-20-15(24)9-22(11-17(26)27)7-14(34-13-19(30)31)8-23(12-18(28)29)10-16(25)21-4-6-33-2/h14H,3-13H2,1-2H3,(H,20,24)(H,21,25)(H,26,27)(H,28,29)(H,30,31). The molecule has 2 amide bonds. The lowest BCUT2D eigenvalue weighted by Gasteiger charge is -2.29. The van der Waals surface area contributed by atoms with E-state index >= 15 is 0 Å². The second-order valence-corrected chi connectivity index (χ2v) is 7.14. The van der Waals surface area contributed by atoms with E-state index in [4.69, 9.17) is 19.3 Å². The van der Waals surface area contributed by atoms with Crippen molar-refractivity contribution in [1.82, 2.24) is 20.4 Å². The molecule has 0 bridgehead atoms. The minimum Gasteiger partial charge on any atom is -0.480 e. The fourth-order valence-electron chi connectivity index (χ4n) is 2.78. The van der Waals surface area contributed by atoms with Gasteiger partial charge in [-0.2, -0.15) is 0 Å². The number of carboxylic acids is 3. The largest absolute Gasteiger partial charge is 0.480 e. The van der Waals surface area contributed by atoms with Crippen molar-refractivity contribution in [1.29, 1.82) is 0 Å². The summed E-state index contributed by atoms with van der Waals surface area (Å²) in [5, 5.41) is 32.4. The Morgan fingerprint density at radius 3 is 1.44 bits per heavy atom. The molecular formula is C19H34N4O11. The Morgan fingerprint density at radius 2 is 1.12 bits per heavy atom. The normalized spacial score (nSPS) is 11.1. The lowest BCUT2D eigenvalue weighted by Crippen LogP contribution is -2.49. The summed E-state index contributed by atoms with van der Waals surface area (Å²) >= 11 is 0. The van der Waals surface area contributed by atoms with Crippen LogP contribution >= 0.6 is 0 Å². The maximum Gasteiger partial charge on any atom is 0.329 e. The van der Waals surface area contributed by atoms with Crippen molar-refractivity contribution in [3.63, 3.8) is 0 Å². The Morgan fingerprint density at radius 1 is 0.706 bits per heavy atom. The molecular weight excluding hydrogens is 460 g/mol. The Hall–Kier alpha value is -2.85. The molecule has 0 aromatic heterocycles. The van der Waals surface area contributed by atoms with Gasteiger partial charge in [0.15, 0.2) is 0 Å². The molecule has 15 heteroatoms. The van der Waals surface area contributed by atoms with E-state index in [0.29, 0.717) is 0 Å². The predicted octanol–water partition coefficient (Wildman–Crippen LogP) is -3.25. The Balaban J connectivity index is 5.35. The average Bonchev–Trinajstić information content (AvgIpc) is 2.71. The molecule has 0 aromatic rings. The third-order valence-electron chi connectivity index (χ3n) is 4.08. The van der Waals surface area contributed by atoms with Gasteiger partial charge in [-0.3, -0.25) is 29.0 Å². The topological polar surface area (TPSA) is 204 Å². The van der Waals surface area contributed by atoms with Gasteiger partial charge in [-0.15, -0.1) is 0 Å². The second kappa shape index (κ2) is 18.6. The summed E-state index contributed by atoms with van der Waals surface area (Å²) in [5.74, 6) is -4.75. The molecule has 0 unspecified atom stereocenters. The minimum atomic E-state index is -1.30. The van der Waals surface area contributed by atoms with E-state index in [9.17, 15) is 34.2 Å². The molecule has 34 heavy (non-hydrogen) atoms. The highest BCUT2D eigenvalue weighted by Crippen LogP contribution is 2.03. The number of rotatable bonds is 21. The fraction of sp³-hybridized carbons (Fsp3) is 0.737. The molecule has 196 valence electrons. The maximum atomic E-state index is 12.1. The van der Waals surface area contributed by atoms with E-state index in [1.807, 2.05) is 0 Å². The second-order valence-electron chi connectivity index (χ2n) is 7.14. The molecule has 0 saturated heterocycles. The van der Waals surface area contributed by atoms with Crippen molar-refractivity contribution in [3.05, 3.63) is 0 Å². The molecule has 0 aliphatic rings. The van der Waals surface area contributed by atoms with Crippen LogP contribution in [0, 0.1) is 0 Å². The summed E-state index contributed by atoms with van der Waals surface area (Å²) in [6.45, 7) is -2.01. The molecule has 0 atom stereocenters. The predicted molar refractivity (Wildman–Crippen MR) is 115 cm³/mol. The summed E-state index contributed by atoms with van der Waals surface area (Å²) in [6.07, 6.45) is -1.02. The first kappa shape index (κ1) is 31.1. The zero-order valence-corrected chi connectivity index (χ0v) is 19.4. The molecule has 0 aliphatic heterocycles. The highest BCUT2D eigenvalue weighted by molar-refractivity contribution is 5.79. The van der Waals surface area contributed by atoms with Crippen LogP contribution in [0.5, 0.6) is 0 Å². The monoisotopic (exact) mass is 494 g/mol. The van der Waals surface area contributed by atoms with Gasteiger partial charge in [0.05, 0.1) is 45.5 Å². The minimum absolute atomic E-state index is 0.208. The molecule has 0 saturated carbocycles. The van der Waals surface area contributed by atoms with Crippen molar-refractivity contribution in [3.8, 4) is 0 Å². The first-order chi connectivity index (χ1) is 16.1. The highest BCUT2D eigenvalue weighted by Gasteiger charge is 2.24. The molecule has 15 nitrogen and oxygen atoms in total. The van der Waals surface area contributed by atoms with E-state index in [1.54, 1.807) is 0 Å². The van der Waals surface area contributed by atoms with E-state index in [0.717, 1.165) is 0 Å². The SMILES string of the molecule is COCCNC(=O)CN(CC(=O)O)CC(CN(CC(=O)O)CC(=O)NCCOC)OCC(=O)O. The highest BCUT2D eigenvalue weighted by atomic mass is 16.5. The van der Waals surface area contributed by atoms with E-state index in [-0.39, 0.29) is 52.5 Å². The third-order valence-corrected chi connectivity index (χ3v) is 4.08. The number of hydrogen-bond acceptors (Lipinski definition) is 10. The van der Waals surface area contributed by atoms with Crippen LogP contribution in [0.2, 0.25) is 0 Å². The van der Waals surface area contributed by atoms with Crippen LogP contribution in [0.1, 0.15) is 0 Å². The fourth-order valence-corrected chi connectivity index (χ4v) is 2.78. The number of methoxy groups -OCH3 is 2. The lowest BCUT2D eigenvalue weighted by molar-refractivity contribution is -0.148.